The maximum absolute atomic E-state index is 12.1. The first-order valence-electron chi connectivity index (χ1n) is 8.21. The summed E-state index contributed by atoms with van der Waals surface area (Å²) in [5.41, 5.74) is 11.5. The Morgan fingerprint density at radius 3 is 2.52 bits per heavy atom. The van der Waals surface area contributed by atoms with Crippen molar-refractivity contribution in [3.05, 3.63) is 46.8 Å². The zero-order valence-corrected chi connectivity index (χ0v) is 14.2. The highest BCUT2D eigenvalue weighted by molar-refractivity contribution is 6.02. The Labute approximate surface area is 137 Å². The second kappa shape index (κ2) is 7.47. The minimum Gasteiger partial charge on any atom is -0.396 e. The number of aryl methyl sites for hydroxylation is 1. The van der Waals surface area contributed by atoms with Crippen molar-refractivity contribution in [2.75, 3.05) is 6.61 Å². The molecule has 0 aliphatic heterocycles. The molecule has 0 saturated heterocycles. The van der Waals surface area contributed by atoms with Crippen LogP contribution >= 0.6 is 0 Å². The van der Waals surface area contributed by atoms with Crippen LogP contribution in [0, 0.1) is 13.8 Å². The lowest BCUT2D eigenvalue weighted by atomic mass is 9.94. The number of nitrogens with zero attached hydrogens (tertiary/aromatic N) is 1. The first-order valence-corrected chi connectivity index (χ1v) is 8.21. The molecular weight excluding hydrogens is 288 g/mol. The van der Waals surface area contributed by atoms with Gasteiger partial charge in [0.1, 0.15) is 0 Å². The van der Waals surface area contributed by atoms with Crippen molar-refractivity contribution < 1.29 is 9.90 Å². The van der Waals surface area contributed by atoms with E-state index in [2.05, 4.69) is 24.5 Å². The van der Waals surface area contributed by atoms with E-state index < -0.39 is 0 Å². The number of amides is 1. The molecule has 2 rings (SSSR count). The zero-order valence-electron chi connectivity index (χ0n) is 14.2. The Balaban J connectivity index is 2.76. The summed E-state index contributed by atoms with van der Waals surface area (Å²) in [4.78, 5) is 12.1. The molecule has 4 nitrogen and oxygen atoms in total. The topological polar surface area (TPSA) is 68.2 Å². The number of primary amides is 1. The van der Waals surface area contributed by atoms with Gasteiger partial charge in [-0.2, -0.15) is 0 Å². The molecule has 1 aromatic heterocycles. The molecule has 0 atom stereocenters. The van der Waals surface area contributed by atoms with Crippen LogP contribution in [0.25, 0.3) is 11.1 Å². The van der Waals surface area contributed by atoms with Crippen LogP contribution in [-0.4, -0.2) is 22.2 Å². The normalized spacial score (nSPS) is 11.0. The monoisotopic (exact) mass is 314 g/mol. The van der Waals surface area contributed by atoms with E-state index in [9.17, 15) is 9.90 Å². The van der Waals surface area contributed by atoms with Gasteiger partial charge in [-0.25, -0.2) is 0 Å². The highest BCUT2D eigenvalue weighted by Gasteiger charge is 2.24. The molecule has 23 heavy (non-hydrogen) atoms. The van der Waals surface area contributed by atoms with Gasteiger partial charge in [0.05, 0.1) is 5.56 Å². The summed E-state index contributed by atoms with van der Waals surface area (Å²) in [6, 6.07) is 8.09. The van der Waals surface area contributed by atoms with Gasteiger partial charge in [-0.05, 0) is 37.8 Å². The molecule has 4 heteroatoms. The Morgan fingerprint density at radius 1 is 1.26 bits per heavy atom. The smallest absolute Gasteiger partial charge is 0.251 e. The molecule has 0 saturated carbocycles. The number of carbonyl (C=O) groups excluding carboxylic acids is 1. The predicted molar refractivity (Wildman–Crippen MR) is 93.6 cm³/mol. The van der Waals surface area contributed by atoms with Gasteiger partial charge in [0, 0.05) is 30.1 Å². The Morgan fingerprint density at radius 2 is 1.96 bits per heavy atom. The van der Waals surface area contributed by atoms with Crippen molar-refractivity contribution in [1.29, 1.82) is 0 Å². The fourth-order valence-corrected chi connectivity index (χ4v) is 3.27. The first kappa shape index (κ1) is 17.3. The molecule has 0 aliphatic rings. The highest BCUT2D eigenvalue weighted by atomic mass is 16.3. The number of hydrogen-bond acceptors (Lipinski definition) is 2. The molecule has 0 fully saturated rings. The van der Waals surface area contributed by atoms with Crippen molar-refractivity contribution in [2.45, 2.75) is 46.6 Å². The largest absolute Gasteiger partial charge is 0.396 e. The van der Waals surface area contributed by atoms with E-state index in [4.69, 9.17) is 5.73 Å². The molecule has 124 valence electrons. The lowest BCUT2D eigenvalue weighted by Crippen LogP contribution is -2.13. The quantitative estimate of drug-likeness (QED) is 0.824. The van der Waals surface area contributed by atoms with Crippen molar-refractivity contribution >= 4 is 5.91 Å². The average molecular weight is 314 g/mol. The van der Waals surface area contributed by atoms with Crippen molar-refractivity contribution in [3.8, 4) is 11.1 Å². The maximum Gasteiger partial charge on any atom is 0.251 e. The fourth-order valence-electron chi connectivity index (χ4n) is 3.27. The van der Waals surface area contributed by atoms with E-state index in [0.717, 1.165) is 40.9 Å². The van der Waals surface area contributed by atoms with Gasteiger partial charge < -0.3 is 15.4 Å². The lowest BCUT2D eigenvalue weighted by Gasteiger charge is -2.13. The van der Waals surface area contributed by atoms with E-state index in [0.29, 0.717) is 18.5 Å². The highest BCUT2D eigenvalue weighted by Crippen LogP contribution is 2.35. The van der Waals surface area contributed by atoms with Crippen LogP contribution in [0.5, 0.6) is 0 Å². The standard InChI is InChI=1S/C19H26N2O2/c1-4-8-16-18(15-10-6-5-9-13(15)2)17(19(20)23)14(3)21(16)11-7-12-22/h5-6,9-10,22H,4,7-8,11-12H2,1-3H3,(H2,20,23). The summed E-state index contributed by atoms with van der Waals surface area (Å²) in [6.07, 6.45) is 2.53. The van der Waals surface area contributed by atoms with Crippen LogP contribution < -0.4 is 5.73 Å². The van der Waals surface area contributed by atoms with E-state index >= 15 is 0 Å². The molecule has 0 spiro atoms. The Hall–Kier alpha value is -2.07. The summed E-state index contributed by atoms with van der Waals surface area (Å²) in [5, 5.41) is 9.18. The molecule has 0 unspecified atom stereocenters. The number of aromatic nitrogens is 1. The third-order valence-corrected chi connectivity index (χ3v) is 4.32. The molecule has 0 radical (unpaired) electrons. The number of benzene rings is 1. The summed E-state index contributed by atoms with van der Waals surface area (Å²) < 4.78 is 2.15. The minimum absolute atomic E-state index is 0.134. The van der Waals surface area contributed by atoms with Crippen LogP contribution in [0.15, 0.2) is 24.3 Å². The summed E-state index contributed by atoms with van der Waals surface area (Å²) >= 11 is 0. The van der Waals surface area contributed by atoms with Crippen LogP contribution in [-0.2, 0) is 13.0 Å². The number of carbonyl (C=O) groups is 1. The van der Waals surface area contributed by atoms with Gasteiger partial charge in [0.2, 0.25) is 0 Å². The summed E-state index contributed by atoms with van der Waals surface area (Å²) in [6.45, 7) is 6.96. The number of aliphatic hydroxyl groups is 1. The van der Waals surface area contributed by atoms with Crippen molar-refractivity contribution in [2.24, 2.45) is 5.73 Å². The maximum atomic E-state index is 12.1. The molecular formula is C19H26N2O2. The van der Waals surface area contributed by atoms with Crippen LogP contribution in [0.3, 0.4) is 0 Å². The summed E-state index contributed by atoms with van der Waals surface area (Å²) in [5.74, 6) is -0.388. The van der Waals surface area contributed by atoms with Crippen molar-refractivity contribution in [3.63, 3.8) is 0 Å². The second-order valence-electron chi connectivity index (χ2n) is 5.94. The molecule has 1 heterocycles. The molecule has 0 bridgehead atoms. The third kappa shape index (κ3) is 3.32. The number of aliphatic hydroxyl groups excluding tert-OH is 1. The fraction of sp³-hybridized carbons (Fsp3) is 0.421. The number of nitrogens with two attached hydrogens (primary N) is 1. The van der Waals surface area contributed by atoms with Crippen LogP contribution in [0.2, 0.25) is 0 Å². The van der Waals surface area contributed by atoms with Crippen molar-refractivity contribution in [1.82, 2.24) is 4.57 Å². The van der Waals surface area contributed by atoms with E-state index in [1.165, 1.54) is 0 Å². The van der Waals surface area contributed by atoms with E-state index in [-0.39, 0.29) is 12.5 Å². The number of hydrogen-bond donors (Lipinski definition) is 2. The average Bonchev–Trinajstić information content (AvgIpc) is 2.78. The van der Waals surface area contributed by atoms with Gasteiger partial charge in [-0.3, -0.25) is 4.79 Å². The first-order chi connectivity index (χ1) is 11.0. The van der Waals surface area contributed by atoms with Gasteiger partial charge in [0.15, 0.2) is 0 Å². The van der Waals surface area contributed by atoms with Crippen LogP contribution in [0.4, 0.5) is 0 Å². The van der Waals surface area contributed by atoms with Gasteiger partial charge in [-0.15, -0.1) is 0 Å². The van der Waals surface area contributed by atoms with E-state index in [1.807, 2.05) is 25.1 Å². The molecule has 3 N–H and O–H groups in total. The predicted octanol–water partition coefficient (Wildman–Crippen LogP) is 3.21. The molecule has 2 aromatic rings. The van der Waals surface area contributed by atoms with Gasteiger partial charge in [0.25, 0.3) is 5.91 Å². The molecule has 0 aliphatic carbocycles. The summed E-state index contributed by atoms with van der Waals surface area (Å²) in [7, 11) is 0. The Kier molecular flexibility index (Phi) is 5.61. The minimum atomic E-state index is -0.388. The third-order valence-electron chi connectivity index (χ3n) is 4.32. The van der Waals surface area contributed by atoms with E-state index in [1.54, 1.807) is 0 Å². The van der Waals surface area contributed by atoms with Gasteiger partial charge >= 0.3 is 0 Å². The van der Waals surface area contributed by atoms with Gasteiger partial charge in [-0.1, -0.05) is 37.6 Å². The SMILES string of the molecule is CCCc1c(-c2ccccc2C)c(C(N)=O)c(C)n1CCCO. The molecule has 1 aromatic carbocycles. The Bertz CT molecular complexity index is 702. The lowest BCUT2D eigenvalue weighted by molar-refractivity contribution is 0.1000. The van der Waals surface area contributed by atoms with Crippen LogP contribution in [0.1, 0.15) is 47.1 Å². The zero-order chi connectivity index (χ0) is 17.0. The molecule has 1 amide bonds. The second-order valence-corrected chi connectivity index (χ2v) is 5.94. The number of rotatable bonds is 7.